The van der Waals surface area contributed by atoms with Crippen LogP contribution in [0, 0.1) is 0 Å². The lowest BCUT2D eigenvalue weighted by Gasteiger charge is -2.45. The van der Waals surface area contributed by atoms with Crippen molar-refractivity contribution in [3.05, 3.63) is 0 Å². The molecule has 1 rings (SSSR count). The number of nitrogens with zero attached hydrogens (tertiary/aromatic N) is 1. The minimum absolute atomic E-state index is 0.267. The summed E-state index contributed by atoms with van der Waals surface area (Å²) in [5.41, 5.74) is -0.728. The Morgan fingerprint density at radius 2 is 1.45 bits per heavy atom. The molecule has 0 spiro atoms. The molecule has 0 saturated carbocycles. The smallest absolute Gasteiger partial charge is 0.281 e. The van der Waals surface area contributed by atoms with Crippen LogP contribution in [0.25, 0.3) is 0 Å². The third kappa shape index (κ3) is 7.06. The predicted octanol–water partition coefficient (Wildman–Crippen LogP) is 7.54. The third-order valence-electron chi connectivity index (χ3n) is 6.65. The van der Waals surface area contributed by atoms with E-state index in [0.29, 0.717) is 19.4 Å². The van der Waals surface area contributed by atoms with Crippen molar-refractivity contribution in [2.75, 3.05) is 6.54 Å². The van der Waals surface area contributed by atoms with Crippen molar-refractivity contribution in [3.63, 3.8) is 0 Å². The maximum Gasteiger partial charge on any atom is 0.281 e. The monoisotopic (exact) mass is 431 g/mol. The largest absolute Gasteiger partial charge is 0.392 e. The Kier molecular flexibility index (Phi) is 10.4. The highest BCUT2D eigenvalue weighted by Gasteiger charge is 2.61. The maximum atomic E-state index is 14.3. The molecule has 0 radical (unpaired) electrons. The average molecular weight is 432 g/mol. The molecule has 5 heteroatoms. The third-order valence-corrected chi connectivity index (χ3v) is 10.7. The van der Waals surface area contributed by atoms with Gasteiger partial charge in [0.05, 0.1) is 16.9 Å². The molecule has 29 heavy (non-hydrogen) atoms. The van der Waals surface area contributed by atoms with Crippen LogP contribution in [0.2, 0.25) is 0 Å². The first-order chi connectivity index (χ1) is 13.3. The molecule has 4 nitrogen and oxygen atoms in total. The fourth-order valence-corrected chi connectivity index (χ4v) is 8.27. The zero-order chi connectivity index (χ0) is 22.3. The van der Waals surface area contributed by atoms with Crippen LogP contribution < -0.4 is 0 Å². The van der Waals surface area contributed by atoms with Crippen molar-refractivity contribution < 1.29 is 14.2 Å². The van der Waals surface area contributed by atoms with Gasteiger partial charge in [0.2, 0.25) is 0 Å². The van der Waals surface area contributed by atoms with Crippen LogP contribution in [-0.2, 0) is 9.09 Å². The lowest BCUT2D eigenvalue weighted by atomic mass is 9.95. The number of rotatable bonds is 13. The molecule has 1 N–H and O–H groups in total. The molecule has 0 aromatic carbocycles. The highest BCUT2D eigenvalue weighted by Crippen LogP contribution is 2.72. The standard InChI is InChI=1S/C24H50NO3P/c1-9-11-12-13-14-15-16-17-18-19-21(26)24(8,10-2)29(27)25(22(3,4)5)20-23(6,7)28-29/h21,26H,9-20H2,1-8H3/t21-,24-,29+/m0/s1. The van der Waals surface area contributed by atoms with Gasteiger partial charge in [-0.25, -0.2) is 4.67 Å². The SMILES string of the molecule is CCCCCCCCCCC[C@H](O)[C@](C)(CC)[P@@]1(=O)OC(C)(C)CN1C(C)(C)C. The lowest BCUT2D eigenvalue weighted by molar-refractivity contribution is 0.0918. The zero-order valence-electron chi connectivity index (χ0n) is 20.7. The maximum absolute atomic E-state index is 14.3. The molecular formula is C24H50NO3P. The van der Waals surface area contributed by atoms with E-state index in [0.717, 1.165) is 12.8 Å². The molecule has 3 atom stereocenters. The van der Waals surface area contributed by atoms with Gasteiger partial charge in [0.15, 0.2) is 0 Å². The van der Waals surface area contributed by atoms with Gasteiger partial charge >= 0.3 is 0 Å². The minimum Gasteiger partial charge on any atom is -0.392 e. The number of hydrogen-bond donors (Lipinski definition) is 1. The molecule has 0 aromatic rings. The van der Waals surface area contributed by atoms with Gasteiger partial charge in [0, 0.05) is 12.1 Å². The normalized spacial score (nSPS) is 25.8. The highest BCUT2D eigenvalue weighted by atomic mass is 31.2. The van der Waals surface area contributed by atoms with Crippen molar-refractivity contribution in [2.45, 2.75) is 148 Å². The average Bonchev–Trinajstić information content (AvgIpc) is 2.90. The Balaban J connectivity index is 2.67. The lowest BCUT2D eigenvalue weighted by Crippen LogP contribution is -2.47. The predicted molar refractivity (Wildman–Crippen MR) is 126 cm³/mol. The van der Waals surface area contributed by atoms with Gasteiger partial charge in [0.25, 0.3) is 7.52 Å². The van der Waals surface area contributed by atoms with Crippen LogP contribution in [0.5, 0.6) is 0 Å². The first kappa shape index (κ1) is 27.1. The van der Waals surface area contributed by atoms with Gasteiger partial charge in [0.1, 0.15) is 0 Å². The van der Waals surface area contributed by atoms with Crippen LogP contribution in [-0.4, -0.2) is 38.7 Å². The number of hydrogen-bond acceptors (Lipinski definition) is 3. The van der Waals surface area contributed by atoms with Crippen molar-refractivity contribution in [3.8, 4) is 0 Å². The molecule has 0 aromatic heterocycles. The van der Waals surface area contributed by atoms with Gasteiger partial charge in [-0.3, -0.25) is 4.57 Å². The second-order valence-corrected chi connectivity index (χ2v) is 13.7. The number of aliphatic hydroxyl groups is 1. The Morgan fingerprint density at radius 1 is 0.966 bits per heavy atom. The minimum atomic E-state index is -3.20. The Hall–Kier alpha value is 0.110. The summed E-state index contributed by atoms with van der Waals surface area (Å²) in [7, 11) is -3.20. The summed E-state index contributed by atoms with van der Waals surface area (Å²) in [5, 5.41) is 10.4. The van der Waals surface area contributed by atoms with E-state index in [2.05, 4.69) is 27.7 Å². The molecule has 174 valence electrons. The van der Waals surface area contributed by atoms with Crippen LogP contribution >= 0.6 is 7.52 Å². The molecule has 1 heterocycles. The molecule has 1 saturated heterocycles. The van der Waals surface area contributed by atoms with E-state index in [1.165, 1.54) is 44.9 Å². The molecule has 0 amide bonds. The van der Waals surface area contributed by atoms with E-state index in [-0.39, 0.29) is 5.54 Å². The molecule has 1 aliphatic heterocycles. The topological polar surface area (TPSA) is 49.8 Å². The summed E-state index contributed by atoms with van der Waals surface area (Å²) in [4.78, 5) is 0. The fraction of sp³-hybridized carbons (Fsp3) is 1.00. The van der Waals surface area contributed by atoms with Gasteiger partial charge in [-0.05, 0) is 54.4 Å². The van der Waals surface area contributed by atoms with Crippen LogP contribution in [0.4, 0.5) is 0 Å². The first-order valence-electron chi connectivity index (χ1n) is 12.1. The van der Waals surface area contributed by atoms with E-state index < -0.39 is 24.4 Å². The van der Waals surface area contributed by atoms with Crippen molar-refractivity contribution >= 4 is 7.52 Å². The summed E-state index contributed by atoms with van der Waals surface area (Å²) in [6, 6.07) is 0. The number of aliphatic hydroxyl groups excluding tert-OH is 1. The summed E-state index contributed by atoms with van der Waals surface area (Å²) < 4.78 is 22.6. The second kappa shape index (κ2) is 11.1. The van der Waals surface area contributed by atoms with E-state index in [4.69, 9.17) is 4.52 Å². The van der Waals surface area contributed by atoms with E-state index in [1.807, 2.05) is 32.4 Å². The van der Waals surface area contributed by atoms with Crippen molar-refractivity contribution in [1.82, 2.24) is 4.67 Å². The Bertz CT molecular complexity index is 529. The fourth-order valence-electron chi connectivity index (χ4n) is 4.46. The van der Waals surface area contributed by atoms with E-state index in [1.54, 1.807) is 0 Å². The molecule has 0 unspecified atom stereocenters. The molecule has 0 aliphatic carbocycles. The molecular weight excluding hydrogens is 381 g/mol. The van der Waals surface area contributed by atoms with Crippen LogP contribution in [0.15, 0.2) is 0 Å². The first-order valence-corrected chi connectivity index (χ1v) is 13.7. The highest BCUT2D eigenvalue weighted by molar-refractivity contribution is 7.58. The quantitative estimate of drug-likeness (QED) is 0.242. The zero-order valence-corrected chi connectivity index (χ0v) is 21.6. The molecule has 1 fully saturated rings. The summed E-state index contributed by atoms with van der Waals surface area (Å²) in [6.45, 7) is 17.2. The van der Waals surface area contributed by atoms with Gasteiger partial charge in [-0.1, -0.05) is 71.6 Å². The van der Waals surface area contributed by atoms with Gasteiger partial charge in [-0.15, -0.1) is 0 Å². The Labute approximate surface area is 181 Å². The van der Waals surface area contributed by atoms with Crippen molar-refractivity contribution in [1.29, 1.82) is 0 Å². The molecule has 1 aliphatic rings. The molecule has 0 bridgehead atoms. The van der Waals surface area contributed by atoms with E-state index >= 15 is 0 Å². The second-order valence-electron chi connectivity index (χ2n) is 10.9. The summed E-state index contributed by atoms with van der Waals surface area (Å²) in [6.07, 6.45) is 12.1. The van der Waals surface area contributed by atoms with Crippen LogP contribution in [0.3, 0.4) is 0 Å². The number of unbranched alkanes of at least 4 members (excludes halogenated alkanes) is 8. The Morgan fingerprint density at radius 3 is 1.90 bits per heavy atom. The van der Waals surface area contributed by atoms with Gasteiger partial charge < -0.3 is 9.63 Å². The summed E-state index contributed by atoms with van der Waals surface area (Å²) in [5.74, 6) is 0. The van der Waals surface area contributed by atoms with Gasteiger partial charge in [-0.2, -0.15) is 0 Å². The van der Waals surface area contributed by atoms with Crippen LogP contribution in [0.1, 0.15) is 126 Å². The summed E-state index contributed by atoms with van der Waals surface area (Å²) >= 11 is 0. The van der Waals surface area contributed by atoms with Crippen molar-refractivity contribution in [2.24, 2.45) is 0 Å². The van der Waals surface area contributed by atoms with E-state index in [9.17, 15) is 9.67 Å².